The van der Waals surface area contributed by atoms with Crippen molar-refractivity contribution in [3.8, 4) is 0 Å². The lowest BCUT2D eigenvalue weighted by Crippen LogP contribution is -2.45. The Hall–Kier alpha value is -3.84. The van der Waals surface area contributed by atoms with Gasteiger partial charge in [-0.05, 0) is 42.5 Å². The maximum absolute atomic E-state index is 13.4. The molecule has 0 spiro atoms. The van der Waals surface area contributed by atoms with Crippen LogP contribution < -0.4 is 21.3 Å². The lowest BCUT2D eigenvalue weighted by atomic mass is 10.1. The van der Waals surface area contributed by atoms with Crippen LogP contribution in [0.15, 0.2) is 42.5 Å². The molecule has 7 nitrogen and oxygen atoms in total. The topological polar surface area (TPSA) is 99.3 Å². The number of rotatable bonds is 6. The van der Waals surface area contributed by atoms with E-state index in [1.807, 2.05) is 0 Å². The Labute approximate surface area is 181 Å². The summed E-state index contributed by atoms with van der Waals surface area (Å²) in [6.45, 7) is -2.58. The van der Waals surface area contributed by atoms with Crippen LogP contribution in [0.5, 0.6) is 0 Å². The molecule has 0 saturated carbocycles. The van der Waals surface area contributed by atoms with E-state index < -0.39 is 60.4 Å². The minimum absolute atomic E-state index is 0.00682. The number of imide groups is 1. The van der Waals surface area contributed by atoms with Gasteiger partial charge in [-0.3, -0.25) is 14.9 Å². The monoisotopic (exact) mass is 480 g/mol. The molecule has 0 unspecified atom stereocenters. The second-order valence-corrected chi connectivity index (χ2v) is 6.42. The molecule has 0 aromatic heterocycles. The first-order valence-corrected chi connectivity index (χ1v) is 8.91. The molecule has 0 atom stereocenters. The number of nitrogens with one attached hydrogen (secondary N) is 4. The predicted octanol–water partition coefficient (Wildman–Crippen LogP) is 3.90. The zero-order valence-electron chi connectivity index (χ0n) is 16.3. The van der Waals surface area contributed by atoms with Crippen LogP contribution in [0.1, 0.15) is 15.9 Å². The summed E-state index contributed by atoms with van der Waals surface area (Å²) >= 11 is 0. The highest BCUT2D eigenvalue weighted by molar-refractivity contribution is 6.04. The van der Waals surface area contributed by atoms with Gasteiger partial charge in [0.2, 0.25) is 5.91 Å². The molecule has 33 heavy (non-hydrogen) atoms. The average Bonchev–Trinajstić information content (AvgIpc) is 2.70. The molecule has 0 aliphatic rings. The summed E-state index contributed by atoms with van der Waals surface area (Å²) < 4.78 is 89.2. The Morgan fingerprint density at radius 2 is 1.52 bits per heavy atom. The van der Waals surface area contributed by atoms with Crippen LogP contribution in [0.25, 0.3) is 0 Å². The van der Waals surface area contributed by atoms with Crippen molar-refractivity contribution in [2.24, 2.45) is 0 Å². The van der Waals surface area contributed by atoms with Gasteiger partial charge >= 0.3 is 18.4 Å². The van der Waals surface area contributed by atoms with Crippen LogP contribution in [0.4, 0.5) is 46.9 Å². The summed E-state index contributed by atoms with van der Waals surface area (Å²) in [6.07, 6.45) is -9.63. The molecule has 0 bridgehead atoms. The van der Waals surface area contributed by atoms with E-state index in [1.165, 1.54) is 10.6 Å². The molecule has 0 aliphatic carbocycles. The van der Waals surface area contributed by atoms with Gasteiger partial charge in [-0.25, -0.2) is 9.18 Å². The number of halogens is 7. The van der Waals surface area contributed by atoms with Gasteiger partial charge in [0.15, 0.2) is 0 Å². The fraction of sp³-hybridized carbons (Fsp3) is 0.211. The Bertz CT molecular complexity index is 1020. The number of urea groups is 1. The van der Waals surface area contributed by atoms with Gasteiger partial charge in [-0.1, -0.05) is 0 Å². The van der Waals surface area contributed by atoms with Crippen LogP contribution in [0.3, 0.4) is 0 Å². The number of amides is 4. The maximum Gasteiger partial charge on any atom is 0.418 e. The van der Waals surface area contributed by atoms with Crippen molar-refractivity contribution in [2.75, 3.05) is 23.7 Å². The van der Waals surface area contributed by atoms with Crippen molar-refractivity contribution in [1.82, 2.24) is 10.6 Å². The molecule has 4 amide bonds. The highest BCUT2D eigenvalue weighted by Crippen LogP contribution is 2.36. The predicted molar refractivity (Wildman–Crippen MR) is 102 cm³/mol. The third kappa shape index (κ3) is 8.31. The zero-order valence-corrected chi connectivity index (χ0v) is 16.3. The summed E-state index contributed by atoms with van der Waals surface area (Å²) in [5, 5.41) is 7.24. The van der Waals surface area contributed by atoms with Gasteiger partial charge in [0, 0.05) is 16.9 Å². The van der Waals surface area contributed by atoms with E-state index in [9.17, 15) is 45.1 Å². The van der Waals surface area contributed by atoms with E-state index in [-0.39, 0.29) is 11.3 Å². The molecule has 2 rings (SSSR count). The van der Waals surface area contributed by atoms with E-state index in [0.29, 0.717) is 6.07 Å². The molecule has 0 fully saturated rings. The highest BCUT2D eigenvalue weighted by atomic mass is 19.4. The lowest BCUT2D eigenvalue weighted by Gasteiger charge is -2.16. The summed E-state index contributed by atoms with van der Waals surface area (Å²) in [5.74, 6) is -2.60. The number of hydrogen-bond donors (Lipinski definition) is 4. The minimum atomic E-state index is -4.92. The molecule has 0 heterocycles. The number of alkyl halides is 6. The first-order valence-electron chi connectivity index (χ1n) is 8.91. The average molecular weight is 480 g/mol. The number of hydrogen-bond acceptors (Lipinski definition) is 4. The zero-order chi connectivity index (χ0) is 24.8. The molecule has 0 radical (unpaired) electrons. The van der Waals surface area contributed by atoms with Crippen LogP contribution in [0, 0.1) is 5.82 Å². The van der Waals surface area contributed by atoms with Crippen LogP contribution >= 0.6 is 0 Å². The molecule has 2 aromatic carbocycles. The van der Waals surface area contributed by atoms with Crippen molar-refractivity contribution in [2.45, 2.75) is 12.4 Å². The van der Waals surface area contributed by atoms with Gasteiger partial charge in [-0.2, -0.15) is 26.3 Å². The highest BCUT2D eigenvalue weighted by Gasteiger charge is 2.34. The Morgan fingerprint density at radius 1 is 0.879 bits per heavy atom. The first kappa shape index (κ1) is 25.4. The second kappa shape index (κ2) is 10.2. The van der Waals surface area contributed by atoms with E-state index in [0.717, 1.165) is 36.4 Å². The number of carbonyl (C=O) groups excluding carboxylic acids is 3. The van der Waals surface area contributed by atoms with Crippen molar-refractivity contribution in [1.29, 1.82) is 0 Å². The van der Waals surface area contributed by atoms with E-state index in [4.69, 9.17) is 0 Å². The van der Waals surface area contributed by atoms with E-state index >= 15 is 0 Å². The van der Waals surface area contributed by atoms with Crippen molar-refractivity contribution in [3.63, 3.8) is 0 Å². The standard InChI is InChI=1S/C19H15F7N4O3/c20-11-3-1-10(2-4-11)16(32)29-12-5-6-14(13(7-12)19(24,25)26)27-8-15(31)30-17(33)28-9-18(21,22)23/h1-7,27H,8-9H2,(H,29,32)(H2,28,30,31,33). The molecule has 0 saturated heterocycles. The smallest absolute Gasteiger partial charge is 0.376 e. The van der Waals surface area contributed by atoms with Gasteiger partial charge in [-0.15, -0.1) is 0 Å². The van der Waals surface area contributed by atoms with Gasteiger partial charge < -0.3 is 16.0 Å². The Balaban J connectivity index is 2.05. The summed E-state index contributed by atoms with van der Waals surface area (Å²) in [4.78, 5) is 34.9. The number of benzene rings is 2. The SMILES string of the molecule is O=C(CNc1ccc(NC(=O)c2ccc(F)cc2)cc1C(F)(F)F)NC(=O)NCC(F)(F)F. The molecule has 4 N–H and O–H groups in total. The fourth-order valence-electron chi connectivity index (χ4n) is 2.39. The maximum atomic E-state index is 13.4. The van der Waals surface area contributed by atoms with E-state index in [2.05, 4.69) is 10.6 Å². The summed E-state index contributed by atoms with van der Waals surface area (Å²) in [5.41, 5.74) is -2.12. The number of carbonyl (C=O) groups is 3. The normalized spacial score (nSPS) is 11.5. The van der Waals surface area contributed by atoms with Gasteiger partial charge in [0.25, 0.3) is 5.91 Å². The van der Waals surface area contributed by atoms with Crippen LogP contribution in [0.2, 0.25) is 0 Å². The van der Waals surface area contributed by atoms with Crippen molar-refractivity contribution in [3.05, 3.63) is 59.4 Å². The lowest BCUT2D eigenvalue weighted by molar-refractivity contribution is -0.137. The second-order valence-electron chi connectivity index (χ2n) is 6.42. The quantitative estimate of drug-likeness (QED) is 0.472. The van der Waals surface area contributed by atoms with Crippen LogP contribution in [-0.2, 0) is 11.0 Å². The number of anilines is 2. The van der Waals surface area contributed by atoms with Crippen molar-refractivity contribution < 1.29 is 45.1 Å². The Morgan fingerprint density at radius 3 is 2.09 bits per heavy atom. The largest absolute Gasteiger partial charge is 0.418 e. The minimum Gasteiger partial charge on any atom is -0.376 e. The Kier molecular flexibility index (Phi) is 7.85. The van der Waals surface area contributed by atoms with E-state index in [1.54, 1.807) is 0 Å². The fourth-order valence-corrected chi connectivity index (χ4v) is 2.39. The third-order valence-electron chi connectivity index (χ3n) is 3.83. The summed E-state index contributed by atoms with van der Waals surface area (Å²) in [7, 11) is 0. The first-order chi connectivity index (χ1) is 15.2. The molecule has 0 aliphatic heterocycles. The van der Waals surface area contributed by atoms with Gasteiger partial charge in [0.05, 0.1) is 12.1 Å². The molecule has 14 heteroatoms. The van der Waals surface area contributed by atoms with Crippen molar-refractivity contribution >= 4 is 29.2 Å². The molecular formula is C19H15F7N4O3. The van der Waals surface area contributed by atoms with Gasteiger partial charge in [0.1, 0.15) is 12.4 Å². The molecule has 178 valence electrons. The molecule has 2 aromatic rings. The molecular weight excluding hydrogens is 465 g/mol. The van der Waals surface area contributed by atoms with Crippen LogP contribution in [-0.4, -0.2) is 37.1 Å². The third-order valence-corrected chi connectivity index (χ3v) is 3.83. The summed E-state index contributed by atoms with van der Waals surface area (Å²) in [6, 6.07) is 5.36.